The average Bonchev–Trinajstić information content (AvgIpc) is 3.08. The molecule has 2 N–H and O–H groups in total. The Morgan fingerprint density at radius 3 is 2.58 bits per heavy atom. The highest BCUT2D eigenvalue weighted by molar-refractivity contribution is 5.94. The normalized spacial score (nSPS) is 20.0. The lowest BCUT2D eigenvalue weighted by molar-refractivity contribution is -0.116. The van der Waals surface area contributed by atoms with Crippen molar-refractivity contribution in [2.45, 2.75) is 51.0 Å². The van der Waals surface area contributed by atoms with Crippen molar-refractivity contribution in [3.05, 3.63) is 24.3 Å². The van der Waals surface area contributed by atoms with Gasteiger partial charge in [0.05, 0.1) is 11.4 Å². The third-order valence-electron chi connectivity index (χ3n) is 4.76. The molecule has 6 heteroatoms. The van der Waals surface area contributed by atoms with Crippen LogP contribution in [-0.2, 0) is 4.79 Å². The van der Waals surface area contributed by atoms with E-state index in [-0.39, 0.29) is 30.7 Å². The van der Waals surface area contributed by atoms with Crippen LogP contribution in [0, 0.1) is 0 Å². The fraction of sp³-hybridized carbons (Fsp3) is 0.611. The number of amides is 1. The predicted octanol–water partition coefficient (Wildman–Crippen LogP) is 3.99. The van der Waals surface area contributed by atoms with E-state index >= 15 is 0 Å². The molecule has 1 amide bonds. The number of halogens is 2. The van der Waals surface area contributed by atoms with Crippen molar-refractivity contribution in [2.24, 2.45) is 0 Å². The van der Waals surface area contributed by atoms with Gasteiger partial charge in [-0.25, -0.2) is 0 Å². The number of piperidine rings is 1. The number of carbonyl (C=O) groups is 1. The van der Waals surface area contributed by atoms with Crippen molar-refractivity contribution in [3.63, 3.8) is 0 Å². The zero-order chi connectivity index (χ0) is 15.2. The van der Waals surface area contributed by atoms with Crippen LogP contribution in [0.4, 0.5) is 11.4 Å². The van der Waals surface area contributed by atoms with Gasteiger partial charge in [0.1, 0.15) is 0 Å². The average molecular weight is 374 g/mol. The topological polar surface area (TPSA) is 44.4 Å². The minimum atomic E-state index is 0. The van der Waals surface area contributed by atoms with E-state index in [9.17, 15) is 4.79 Å². The molecule has 2 aliphatic heterocycles. The van der Waals surface area contributed by atoms with Crippen LogP contribution in [0.5, 0.6) is 0 Å². The fourth-order valence-corrected chi connectivity index (χ4v) is 3.51. The molecule has 0 aromatic heterocycles. The van der Waals surface area contributed by atoms with Crippen LogP contribution >= 0.6 is 24.8 Å². The maximum absolute atomic E-state index is 12.2. The molecule has 0 bridgehead atoms. The van der Waals surface area contributed by atoms with Gasteiger partial charge < -0.3 is 15.5 Å². The van der Waals surface area contributed by atoms with Gasteiger partial charge in [-0.2, -0.15) is 0 Å². The Morgan fingerprint density at radius 2 is 1.88 bits per heavy atom. The highest BCUT2D eigenvalue weighted by Crippen LogP contribution is 2.28. The maximum atomic E-state index is 12.2. The number of anilines is 2. The highest BCUT2D eigenvalue weighted by Gasteiger charge is 2.17. The van der Waals surface area contributed by atoms with E-state index in [0.717, 1.165) is 31.7 Å². The lowest BCUT2D eigenvalue weighted by Gasteiger charge is -2.30. The second-order valence-electron chi connectivity index (χ2n) is 6.44. The van der Waals surface area contributed by atoms with E-state index in [0.29, 0.717) is 12.5 Å². The van der Waals surface area contributed by atoms with Gasteiger partial charge >= 0.3 is 0 Å². The van der Waals surface area contributed by atoms with Gasteiger partial charge in [0.2, 0.25) is 5.91 Å². The Balaban J connectivity index is 0.00000144. The van der Waals surface area contributed by atoms with Crippen LogP contribution in [0.2, 0.25) is 0 Å². The summed E-state index contributed by atoms with van der Waals surface area (Å²) in [6, 6.07) is 8.74. The Hall–Kier alpha value is -0.970. The van der Waals surface area contributed by atoms with E-state index in [4.69, 9.17) is 0 Å². The molecule has 0 aliphatic carbocycles. The number of nitrogens with one attached hydrogen (secondary N) is 2. The summed E-state index contributed by atoms with van der Waals surface area (Å²) in [5.74, 6) is 0.137. The van der Waals surface area contributed by atoms with Gasteiger partial charge in [-0.1, -0.05) is 12.1 Å². The molecule has 0 radical (unpaired) electrons. The number of rotatable bonds is 5. The fourth-order valence-electron chi connectivity index (χ4n) is 3.51. The van der Waals surface area contributed by atoms with Crippen LogP contribution in [0.1, 0.15) is 44.9 Å². The van der Waals surface area contributed by atoms with E-state index in [1.54, 1.807) is 0 Å². The molecule has 2 heterocycles. The third kappa shape index (κ3) is 5.83. The lowest BCUT2D eigenvalue weighted by Crippen LogP contribution is -2.30. The predicted molar refractivity (Wildman–Crippen MR) is 106 cm³/mol. The molecule has 1 unspecified atom stereocenters. The Bertz CT molecular complexity index is 501. The molecule has 2 fully saturated rings. The van der Waals surface area contributed by atoms with E-state index in [1.165, 1.54) is 37.8 Å². The van der Waals surface area contributed by atoms with Crippen molar-refractivity contribution < 1.29 is 4.79 Å². The molecule has 136 valence electrons. The molecule has 0 spiro atoms. The minimum absolute atomic E-state index is 0. The zero-order valence-electron chi connectivity index (χ0n) is 14.1. The van der Waals surface area contributed by atoms with Gasteiger partial charge in [-0.05, 0) is 57.2 Å². The first-order valence-electron chi connectivity index (χ1n) is 8.70. The van der Waals surface area contributed by atoms with Crippen molar-refractivity contribution >= 4 is 42.1 Å². The maximum Gasteiger partial charge on any atom is 0.224 e. The standard InChI is InChI=1S/C18H27N3O.2ClH/c22-18(11-10-15-7-6-12-19-15)20-16-8-2-3-9-17(16)21-13-4-1-5-14-21;;/h2-3,8-9,15,19H,1,4-7,10-14H2,(H,20,22);2*1H. The molecule has 3 rings (SSSR count). The minimum Gasteiger partial charge on any atom is -0.370 e. The molecule has 1 aromatic carbocycles. The summed E-state index contributed by atoms with van der Waals surface area (Å²) < 4.78 is 0. The van der Waals surface area contributed by atoms with E-state index in [2.05, 4.69) is 27.7 Å². The van der Waals surface area contributed by atoms with Crippen LogP contribution in [0.3, 0.4) is 0 Å². The number of carbonyl (C=O) groups excluding carboxylic acids is 1. The highest BCUT2D eigenvalue weighted by atomic mass is 35.5. The molecule has 1 atom stereocenters. The largest absolute Gasteiger partial charge is 0.370 e. The summed E-state index contributed by atoms with van der Waals surface area (Å²) in [4.78, 5) is 14.6. The van der Waals surface area contributed by atoms with Crippen molar-refractivity contribution in [1.29, 1.82) is 0 Å². The van der Waals surface area contributed by atoms with E-state index in [1.807, 2.05) is 12.1 Å². The lowest BCUT2D eigenvalue weighted by atomic mass is 10.1. The Kier molecular flexibility index (Phi) is 9.49. The van der Waals surface area contributed by atoms with Gasteiger partial charge in [-0.15, -0.1) is 24.8 Å². The summed E-state index contributed by atoms with van der Waals surface area (Å²) in [7, 11) is 0. The summed E-state index contributed by atoms with van der Waals surface area (Å²) in [6.07, 6.45) is 7.80. The van der Waals surface area contributed by atoms with Crippen molar-refractivity contribution in [1.82, 2.24) is 5.32 Å². The first-order chi connectivity index (χ1) is 10.8. The molecule has 2 aliphatic rings. The van der Waals surface area contributed by atoms with Gasteiger partial charge in [-0.3, -0.25) is 4.79 Å². The van der Waals surface area contributed by atoms with Crippen molar-refractivity contribution in [2.75, 3.05) is 29.9 Å². The number of hydrogen-bond donors (Lipinski definition) is 2. The molecule has 0 saturated carbocycles. The summed E-state index contributed by atoms with van der Waals surface area (Å²) >= 11 is 0. The molecule has 2 saturated heterocycles. The molecular formula is C18H29Cl2N3O. The van der Waals surface area contributed by atoms with Gasteiger partial charge in [0.25, 0.3) is 0 Å². The van der Waals surface area contributed by atoms with Crippen LogP contribution in [0.25, 0.3) is 0 Å². The zero-order valence-corrected chi connectivity index (χ0v) is 15.8. The SMILES string of the molecule is Cl.Cl.O=C(CCC1CCCN1)Nc1ccccc1N1CCCCC1. The van der Waals surface area contributed by atoms with Gasteiger partial charge in [0, 0.05) is 25.6 Å². The van der Waals surface area contributed by atoms with Crippen LogP contribution < -0.4 is 15.5 Å². The summed E-state index contributed by atoms with van der Waals surface area (Å²) in [5.41, 5.74) is 2.14. The smallest absolute Gasteiger partial charge is 0.224 e. The van der Waals surface area contributed by atoms with E-state index < -0.39 is 0 Å². The first kappa shape index (κ1) is 21.1. The molecule has 4 nitrogen and oxygen atoms in total. The second-order valence-corrected chi connectivity index (χ2v) is 6.44. The number of benzene rings is 1. The first-order valence-corrected chi connectivity index (χ1v) is 8.70. The third-order valence-corrected chi connectivity index (χ3v) is 4.76. The number of hydrogen-bond acceptors (Lipinski definition) is 3. The number of nitrogens with zero attached hydrogens (tertiary/aromatic N) is 1. The second kappa shape index (κ2) is 10.8. The number of para-hydroxylation sites is 2. The quantitative estimate of drug-likeness (QED) is 0.819. The van der Waals surface area contributed by atoms with Crippen LogP contribution in [0.15, 0.2) is 24.3 Å². The summed E-state index contributed by atoms with van der Waals surface area (Å²) in [5, 5.41) is 6.57. The monoisotopic (exact) mass is 373 g/mol. The van der Waals surface area contributed by atoms with Crippen molar-refractivity contribution in [3.8, 4) is 0 Å². The molecule has 1 aromatic rings. The summed E-state index contributed by atoms with van der Waals surface area (Å²) in [6.45, 7) is 3.29. The van der Waals surface area contributed by atoms with Gasteiger partial charge in [0.15, 0.2) is 0 Å². The Morgan fingerprint density at radius 1 is 1.12 bits per heavy atom. The molecular weight excluding hydrogens is 345 g/mol. The van der Waals surface area contributed by atoms with Crippen LogP contribution in [-0.4, -0.2) is 31.6 Å². The molecule has 24 heavy (non-hydrogen) atoms. The Labute approximate surface area is 157 Å².